The second-order valence-electron chi connectivity index (χ2n) is 14.2. The number of aliphatic hydroxyl groups excluding tert-OH is 1. The van der Waals surface area contributed by atoms with Crippen LogP contribution >= 0.6 is 0 Å². The highest BCUT2D eigenvalue weighted by atomic mass is 16.7. The van der Waals surface area contributed by atoms with Crippen LogP contribution in [0.4, 0.5) is 0 Å². The van der Waals surface area contributed by atoms with Gasteiger partial charge >= 0.3 is 0 Å². The molecule has 0 radical (unpaired) electrons. The number of ether oxygens (including phenoxy) is 2. The molecule has 8 rings (SSSR count). The molecule has 1 aromatic heterocycles. The van der Waals surface area contributed by atoms with Crippen molar-refractivity contribution in [2.24, 2.45) is 34.5 Å². The molecule has 41 heavy (non-hydrogen) atoms. The van der Waals surface area contributed by atoms with Crippen LogP contribution in [-0.2, 0) is 20.6 Å². The fraction of sp³-hybridized carbons (Fsp3) is 0.647. The Morgan fingerprint density at radius 1 is 1.02 bits per heavy atom. The number of methoxy groups -OCH3 is 1. The molecular weight excluding hydrogens is 516 g/mol. The molecule has 1 aromatic carbocycles. The van der Waals surface area contributed by atoms with Crippen molar-refractivity contribution < 1.29 is 14.6 Å². The van der Waals surface area contributed by atoms with Gasteiger partial charge in [0.2, 0.25) is 0 Å². The first-order valence-electron chi connectivity index (χ1n) is 15.5. The Morgan fingerprint density at radius 2 is 1.73 bits per heavy atom. The fourth-order valence-electron chi connectivity index (χ4n) is 11.1. The van der Waals surface area contributed by atoms with E-state index in [2.05, 4.69) is 39.5 Å². The summed E-state index contributed by atoms with van der Waals surface area (Å²) >= 11 is 0. The smallest absolute Gasteiger partial charge is 0.274 e. The van der Waals surface area contributed by atoms with Crippen LogP contribution in [0.2, 0.25) is 0 Å². The van der Waals surface area contributed by atoms with Gasteiger partial charge in [0.05, 0.1) is 34.1 Å². The molecule has 7 heteroatoms. The number of allylic oxidation sites excluding steroid dienone is 2. The number of benzene rings is 1. The molecular formula is C34H44N2O5. The highest BCUT2D eigenvalue weighted by Gasteiger charge is 2.74. The van der Waals surface area contributed by atoms with Crippen molar-refractivity contribution in [1.29, 1.82) is 0 Å². The van der Waals surface area contributed by atoms with E-state index in [1.54, 1.807) is 19.3 Å². The molecule has 220 valence electrons. The Bertz CT molecular complexity index is 1560. The SMILES string of the molecule is C=CC(O)[C@@H](C)[C@H]1CC[C@@H]2[C@]1(C)CC[C@H]1[C@@]23C=CC2(CC(OCOC)CC[C@]12C)n1c(=O)c2ccccc2c(=O)n13. The van der Waals surface area contributed by atoms with Gasteiger partial charge in [-0.1, -0.05) is 51.1 Å². The van der Waals surface area contributed by atoms with Crippen molar-refractivity contribution in [2.45, 2.75) is 89.0 Å². The fourth-order valence-corrected chi connectivity index (χ4v) is 11.1. The minimum Gasteiger partial charge on any atom is -0.389 e. The molecule has 2 bridgehead atoms. The number of nitrogens with zero attached hydrogens (tertiary/aromatic N) is 2. The van der Waals surface area contributed by atoms with Crippen LogP contribution in [0, 0.1) is 34.5 Å². The van der Waals surface area contributed by atoms with Crippen LogP contribution in [0.15, 0.2) is 58.7 Å². The van der Waals surface area contributed by atoms with Gasteiger partial charge in [0.1, 0.15) is 6.79 Å². The van der Waals surface area contributed by atoms with Gasteiger partial charge in [-0.05, 0) is 79.7 Å². The van der Waals surface area contributed by atoms with Gasteiger partial charge in [-0.25, -0.2) is 9.36 Å². The standard InChI is InChI=1S/C34H44N2O5/c1-6-26(37)21(2)25-11-12-27-31(25,3)15-14-28-32(4)16-13-22(41-20-40-5)19-33(32)17-18-34(27,28)36-30(39)24-10-8-7-9-23(24)29(38)35(33)36/h6-10,17-18,21-22,25-28,37H,1,11-16,19-20H2,2-5H3/t21-,22?,25+,26?,27+,28+,31+,32+,33?,34+/m0/s1. The van der Waals surface area contributed by atoms with Gasteiger partial charge in [-0.15, -0.1) is 6.58 Å². The topological polar surface area (TPSA) is 82.7 Å². The Labute approximate surface area is 241 Å². The maximum atomic E-state index is 14.7. The van der Waals surface area contributed by atoms with E-state index in [-0.39, 0.29) is 52.6 Å². The van der Waals surface area contributed by atoms with E-state index in [0.29, 0.717) is 23.1 Å². The Hall–Kier alpha value is -2.48. The van der Waals surface area contributed by atoms with Crippen LogP contribution in [0.5, 0.6) is 0 Å². The number of hydrogen-bond acceptors (Lipinski definition) is 5. The summed E-state index contributed by atoms with van der Waals surface area (Å²) in [7, 11) is 1.63. The summed E-state index contributed by atoms with van der Waals surface area (Å²) in [6, 6.07) is 7.33. The molecule has 3 heterocycles. The van der Waals surface area contributed by atoms with Gasteiger partial charge in [-0.3, -0.25) is 9.59 Å². The maximum absolute atomic E-state index is 14.7. The van der Waals surface area contributed by atoms with E-state index in [1.165, 1.54) is 0 Å². The van der Waals surface area contributed by atoms with Crippen molar-refractivity contribution in [2.75, 3.05) is 13.9 Å². The van der Waals surface area contributed by atoms with E-state index in [9.17, 15) is 14.7 Å². The van der Waals surface area contributed by atoms with Gasteiger partial charge in [0.25, 0.3) is 11.1 Å². The van der Waals surface area contributed by atoms with Gasteiger partial charge < -0.3 is 14.6 Å². The normalized spacial score (nSPS) is 41.8. The molecule has 3 saturated carbocycles. The van der Waals surface area contributed by atoms with Crippen molar-refractivity contribution in [3.05, 3.63) is 69.8 Å². The second kappa shape index (κ2) is 9.01. The number of hydrogen-bond donors (Lipinski definition) is 1. The van der Waals surface area contributed by atoms with Crippen molar-refractivity contribution in [3.63, 3.8) is 0 Å². The lowest BCUT2D eigenvalue weighted by Gasteiger charge is -2.72. The molecule has 10 atom stereocenters. The highest BCUT2D eigenvalue weighted by Crippen LogP contribution is 2.74. The highest BCUT2D eigenvalue weighted by molar-refractivity contribution is 5.80. The number of aromatic nitrogens is 2. The monoisotopic (exact) mass is 560 g/mol. The third-order valence-electron chi connectivity index (χ3n) is 13.0. The summed E-state index contributed by atoms with van der Waals surface area (Å²) in [5.41, 5.74) is -1.70. The maximum Gasteiger partial charge on any atom is 0.274 e. The first kappa shape index (κ1) is 27.4. The molecule has 6 aliphatic rings. The van der Waals surface area contributed by atoms with Gasteiger partial charge in [0, 0.05) is 18.9 Å². The Balaban J connectivity index is 1.51. The minimum absolute atomic E-state index is 0.0637. The lowest BCUT2D eigenvalue weighted by molar-refractivity contribution is -0.212. The first-order valence-corrected chi connectivity index (χ1v) is 15.5. The molecule has 3 unspecified atom stereocenters. The molecule has 0 amide bonds. The average molecular weight is 561 g/mol. The molecule has 7 nitrogen and oxygen atoms in total. The van der Waals surface area contributed by atoms with Crippen LogP contribution < -0.4 is 11.1 Å². The zero-order valence-corrected chi connectivity index (χ0v) is 24.8. The summed E-state index contributed by atoms with van der Waals surface area (Å²) in [5.74, 6) is 0.778. The predicted octanol–water partition coefficient (Wildman–Crippen LogP) is 4.94. The van der Waals surface area contributed by atoms with E-state index in [1.807, 2.05) is 27.6 Å². The summed E-state index contributed by atoms with van der Waals surface area (Å²) in [6.45, 7) is 11.0. The number of rotatable bonds is 6. The summed E-state index contributed by atoms with van der Waals surface area (Å²) in [5, 5.41) is 11.8. The quantitative estimate of drug-likeness (QED) is 0.400. The van der Waals surface area contributed by atoms with Crippen molar-refractivity contribution >= 4 is 10.8 Å². The largest absolute Gasteiger partial charge is 0.389 e. The zero-order chi connectivity index (χ0) is 28.9. The Morgan fingerprint density at radius 3 is 2.41 bits per heavy atom. The van der Waals surface area contributed by atoms with Gasteiger partial charge in [0.15, 0.2) is 0 Å². The van der Waals surface area contributed by atoms with E-state index in [4.69, 9.17) is 9.47 Å². The zero-order valence-electron chi connectivity index (χ0n) is 24.8. The van der Waals surface area contributed by atoms with Crippen LogP contribution in [0.25, 0.3) is 10.8 Å². The lowest BCUT2D eigenvalue weighted by Crippen LogP contribution is -2.78. The predicted molar refractivity (Wildman–Crippen MR) is 159 cm³/mol. The lowest BCUT2D eigenvalue weighted by atomic mass is 9.40. The van der Waals surface area contributed by atoms with Crippen molar-refractivity contribution in [1.82, 2.24) is 9.36 Å². The number of aliphatic hydroxyl groups is 1. The summed E-state index contributed by atoms with van der Waals surface area (Å²) in [6.07, 6.45) is 12.2. The van der Waals surface area contributed by atoms with Crippen LogP contribution in [-0.4, -0.2) is 40.6 Å². The minimum atomic E-state index is -0.658. The van der Waals surface area contributed by atoms with Crippen LogP contribution in [0.1, 0.15) is 65.7 Å². The van der Waals surface area contributed by atoms with Crippen molar-refractivity contribution in [3.8, 4) is 0 Å². The molecule has 2 spiro atoms. The second-order valence-corrected chi connectivity index (χ2v) is 14.2. The number of fused-ring (bicyclic) bond motifs is 2. The molecule has 4 aliphatic carbocycles. The molecule has 0 saturated heterocycles. The molecule has 2 aromatic rings. The van der Waals surface area contributed by atoms with E-state index >= 15 is 0 Å². The molecule has 2 aliphatic heterocycles. The average Bonchev–Trinajstić information content (AvgIpc) is 3.34. The first-order chi connectivity index (χ1) is 19.6. The third-order valence-corrected chi connectivity index (χ3v) is 13.0. The Kier molecular flexibility index (Phi) is 6.01. The van der Waals surface area contributed by atoms with Crippen LogP contribution in [0.3, 0.4) is 0 Å². The van der Waals surface area contributed by atoms with E-state index in [0.717, 1.165) is 38.5 Å². The third kappa shape index (κ3) is 3.15. The van der Waals surface area contributed by atoms with E-state index < -0.39 is 17.2 Å². The summed E-state index contributed by atoms with van der Waals surface area (Å²) < 4.78 is 15.3. The molecule has 1 N–H and O–H groups in total. The molecule has 3 fully saturated rings. The van der Waals surface area contributed by atoms with Gasteiger partial charge in [-0.2, -0.15) is 0 Å². The summed E-state index contributed by atoms with van der Waals surface area (Å²) in [4.78, 5) is 29.4.